The minimum atomic E-state index is -3.89. The van der Waals surface area contributed by atoms with Crippen molar-refractivity contribution in [3.63, 3.8) is 0 Å². The highest BCUT2D eigenvalue weighted by atomic mass is 35.5. The zero-order valence-electron chi connectivity index (χ0n) is 18.7. The topological polar surface area (TPSA) is 107 Å². The van der Waals surface area contributed by atoms with E-state index in [1.807, 2.05) is 7.05 Å². The van der Waals surface area contributed by atoms with Crippen LogP contribution in [0.5, 0.6) is 0 Å². The Morgan fingerprint density at radius 3 is 2.24 bits per heavy atom. The second-order valence-corrected chi connectivity index (χ2v) is 12.3. The molecule has 0 unspecified atom stereocenters. The van der Waals surface area contributed by atoms with E-state index in [4.69, 9.17) is 11.6 Å². The van der Waals surface area contributed by atoms with Gasteiger partial charge in [0.1, 0.15) is 0 Å². The molecule has 1 aliphatic heterocycles. The smallest absolute Gasteiger partial charge is 0.243 e. The molecule has 2 aromatic rings. The molecule has 2 aromatic carbocycles. The fourth-order valence-corrected chi connectivity index (χ4v) is 6.32. The largest absolute Gasteiger partial charge is 0.325 e. The number of halogens is 1. The Hall–Kier alpha value is -2.02. The first-order valence-electron chi connectivity index (χ1n) is 10.2. The van der Waals surface area contributed by atoms with E-state index in [-0.39, 0.29) is 15.5 Å². The van der Waals surface area contributed by atoms with Crippen molar-refractivity contribution in [1.82, 2.24) is 13.5 Å². The molecule has 0 radical (unpaired) electrons. The maximum atomic E-state index is 13.1. The number of nitrogens with zero attached hydrogens (tertiary/aromatic N) is 3. The highest BCUT2D eigenvalue weighted by Gasteiger charge is 2.29. The van der Waals surface area contributed by atoms with Gasteiger partial charge in [0.2, 0.25) is 26.0 Å². The van der Waals surface area contributed by atoms with Gasteiger partial charge in [-0.05, 0) is 55.9 Å². The van der Waals surface area contributed by atoms with Gasteiger partial charge in [0, 0.05) is 43.9 Å². The van der Waals surface area contributed by atoms with E-state index in [9.17, 15) is 21.6 Å². The Morgan fingerprint density at radius 2 is 1.64 bits per heavy atom. The van der Waals surface area contributed by atoms with Crippen molar-refractivity contribution in [2.75, 3.05) is 52.1 Å². The van der Waals surface area contributed by atoms with Crippen LogP contribution in [0.3, 0.4) is 0 Å². The highest BCUT2D eigenvalue weighted by molar-refractivity contribution is 7.89. The van der Waals surface area contributed by atoms with Gasteiger partial charge in [-0.1, -0.05) is 17.7 Å². The summed E-state index contributed by atoms with van der Waals surface area (Å²) < 4.78 is 54.0. The van der Waals surface area contributed by atoms with Gasteiger partial charge in [-0.2, -0.15) is 8.61 Å². The first-order valence-corrected chi connectivity index (χ1v) is 13.5. The van der Waals surface area contributed by atoms with Gasteiger partial charge >= 0.3 is 0 Å². The summed E-state index contributed by atoms with van der Waals surface area (Å²) in [5, 5.41) is 3.00. The predicted octanol–water partition coefficient (Wildman–Crippen LogP) is 1.84. The predicted molar refractivity (Wildman–Crippen MR) is 127 cm³/mol. The lowest BCUT2D eigenvalue weighted by Gasteiger charge is -2.32. The van der Waals surface area contributed by atoms with Crippen LogP contribution in [0.4, 0.5) is 5.69 Å². The number of amides is 1. The second-order valence-electron chi connectivity index (χ2n) is 7.95. The maximum Gasteiger partial charge on any atom is 0.243 e. The van der Waals surface area contributed by atoms with Crippen molar-refractivity contribution in [1.29, 1.82) is 0 Å². The quantitative estimate of drug-likeness (QED) is 0.604. The van der Waals surface area contributed by atoms with Crippen molar-refractivity contribution in [3.8, 4) is 0 Å². The second kappa shape index (κ2) is 10.1. The van der Waals surface area contributed by atoms with E-state index in [2.05, 4.69) is 10.2 Å². The van der Waals surface area contributed by atoms with Crippen LogP contribution in [0.15, 0.2) is 52.3 Å². The van der Waals surface area contributed by atoms with Crippen molar-refractivity contribution < 1.29 is 21.6 Å². The van der Waals surface area contributed by atoms with Gasteiger partial charge < -0.3 is 10.2 Å². The van der Waals surface area contributed by atoms with Gasteiger partial charge in [-0.3, -0.25) is 4.79 Å². The molecule has 0 bridgehead atoms. The van der Waals surface area contributed by atoms with Crippen LogP contribution >= 0.6 is 11.6 Å². The third-order valence-electron chi connectivity index (χ3n) is 5.44. The first-order chi connectivity index (χ1) is 15.4. The van der Waals surface area contributed by atoms with Crippen molar-refractivity contribution >= 4 is 43.2 Å². The summed E-state index contributed by atoms with van der Waals surface area (Å²) in [6.45, 7) is 3.32. The number of hydrogen-bond donors (Lipinski definition) is 1. The van der Waals surface area contributed by atoms with E-state index in [0.29, 0.717) is 36.8 Å². The molecule has 0 atom stereocenters. The summed E-state index contributed by atoms with van der Waals surface area (Å²) in [6.07, 6.45) is 0. The van der Waals surface area contributed by atoms with Crippen LogP contribution in [0, 0.1) is 6.92 Å². The molecule has 1 fully saturated rings. The van der Waals surface area contributed by atoms with Crippen LogP contribution in [0.1, 0.15) is 5.56 Å². The number of benzene rings is 2. The number of carbonyl (C=O) groups is 1. The number of nitrogens with one attached hydrogen (secondary N) is 1. The summed E-state index contributed by atoms with van der Waals surface area (Å²) in [5.41, 5.74) is 0.838. The molecule has 0 spiro atoms. The number of piperazine rings is 1. The molecule has 0 aliphatic carbocycles. The molecule has 0 saturated carbocycles. The number of hydrogen-bond acceptors (Lipinski definition) is 6. The lowest BCUT2D eigenvalue weighted by Crippen LogP contribution is -2.47. The normalized spacial score (nSPS) is 16.2. The molecule has 1 heterocycles. The zero-order chi connectivity index (χ0) is 24.4. The molecule has 33 heavy (non-hydrogen) atoms. The minimum Gasteiger partial charge on any atom is -0.325 e. The number of anilines is 1. The molecule has 1 saturated heterocycles. The third kappa shape index (κ3) is 5.92. The standard InChI is InChI=1S/C21H27ClN4O5S2/c1-16-4-7-18(14-20(16)33(30,31)26-12-10-24(2)11-13-26)23-21(27)15-25(3)32(28,29)19-8-5-17(22)6-9-19/h4-9,14H,10-13,15H2,1-3H3,(H,23,27). The van der Waals surface area contributed by atoms with Crippen LogP contribution in [-0.2, 0) is 24.8 Å². The van der Waals surface area contributed by atoms with E-state index < -0.39 is 32.5 Å². The molecule has 1 N–H and O–H groups in total. The summed E-state index contributed by atoms with van der Waals surface area (Å²) in [7, 11) is -4.38. The van der Waals surface area contributed by atoms with E-state index in [1.54, 1.807) is 19.1 Å². The number of likely N-dealkylation sites (N-methyl/N-ethyl adjacent to an activating group) is 2. The van der Waals surface area contributed by atoms with Crippen LogP contribution < -0.4 is 5.32 Å². The lowest BCUT2D eigenvalue weighted by molar-refractivity contribution is -0.116. The number of aryl methyl sites for hydroxylation is 1. The Labute approximate surface area is 200 Å². The molecular formula is C21H27ClN4O5S2. The summed E-state index contributed by atoms with van der Waals surface area (Å²) >= 11 is 5.81. The molecule has 12 heteroatoms. The van der Waals surface area contributed by atoms with Crippen LogP contribution in [0.25, 0.3) is 0 Å². The molecule has 3 rings (SSSR count). The molecule has 1 amide bonds. The van der Waals surface area contributed by atoms with Gasteiger partial charge in [-0.25, -0.2) is 16.8 Å². The third-order valence-corrected chi connectivity index (χ3v) is 9.55. The van der Waals surface area contributed by atoms with Crippen LogP contribution in [0.2, 0.25) is 5.02 Å². The maximum absolute atomic E-state index is 13.1. The Kier molecular flexibility index (Phi) is 7.82. The molecular weight excluding hydrogens is 488 g/mol. The Balaban J connectivity index is 1.73. The average Bonchev–Trinajstić information content (AvgIpc) is 2.75. The molecule has 0 aromatic heterocycles. The average molecular weight is 515 g/mol. The summed E-state index contributed by atoms with van der Waals surface area (Å²) in [4.78, 5) is 14.7. The number of rotatable bonds is 7. The SMILES string of the molecule is Cc1ccc(NC(=O)CN(C)S(=O)(=O)c2ccc(Cl)cc2)cc1S(=O)(=O)N1CCN(C)CC1. The monoisotopic (exact) mass is 514 g/mol. The molecule has 9 nitrogen and oxygen atoms in total. The number of carbonyl (C=O) groups excluding carboxylic acids is 1. The van der Waals surface area contributed by atoms with E-state index in [1.165, 1.54) is 41.7 Å². The highest BCUT2D eigenvalue weighted by Crippen LogP contribution is 2.25. The fourth-order valence-electron chi connectivity index (χ4n) is 3.40. The van der Waals surface area contributed by atoms with Gasteiger partial charge in [0.15, 0.2) is 0 Å². The summed E-state index contributed by atoms with van der Waals surface area (Å²) in [6, 6.07) is 10.3. The lowest BCUT2D eigenvalue weighted by atomic mass is 10.2. The van der Waals surface area contributed by atoms with Gasteiger partial charge in [-0.15, -0.1) is 0 Å². The molecule has 1 aliphatic rings. The van der Waals surface area contributed by atoms with E-state index >= 15 is 0 Å². The molecule has 180 valence electrons. The minimum absolute atomic E-state index is 0.0121. The van der Waals surface area contributed by atoms with Gasteiger partial charge in [0.25, 0.3) is 0 Å². The number of sulfonamides is 2. The Morgan fingerprint density at radius 1 is 1.03 bits per heavy atom. The van der Waals surface area contributed by atoms with Crippen molar-refractivity contribution in [2.45, 2.75) is 16.7 Å². The summed E-state index contributed by atoms with van der Waals surface area (Å²) in [5.74, 6) is -0.596. The van der Waals surface area contributed by atoms with E-state index in [0.717, 1.165) is 4.31 Å². The fraction of sp³-hybridized carbons (Fsp3) is 0.381. The van der Waals surface area contributed by atoms with Gasteiger partial charge in [0.05, 0.1) is 16.3 Å². The zero-order valence-corrected chi connectivity index (χ0v) is 21.0. The van der Waals surface area contributed by atoms with Crippen molar-refractivity contribution in [3.05, 3.63) is 53.1 Å². The first kappa shape index (κ1) is 25.6. The van der Waals surface area contributed by atoms with Crippen molar-refractivity contribution in [2.24, 2.45) is 0 Å². The Bertz CT molecular complexity index is 1230. The van der Waals surface area contributed by atoms with Crippen LogP contribution in [-0.4, -0.2) is 83.1 Å².